The maximum Gasteiger partial charge on any atom is 0.317 e. The number of fused-ring (bicyclic) bond motifs is 1. The number of carbonyl (C=O) groups excluding carboxylic acids is 1. The lowest BCUT2D eigenvalue weighted by atomic mass is 9.75. The Morgan fingerprint density at radius 1 is 0.909 bits per heavy atom. The molecule has 0 aromatic heterocycles. The van der Waals surface area contributed by atoms with Crippen LogP contribution in [0.25, 0.3) is 0 Å². The van der Waals surface area contributed by atoms with Gasteiger partial charge in [0.25, 0.3) is 0 Å². The van der Waals surface area contributed by atoms with Gasteiger partial charge in [-0.05, 0) is 35.8 Å². The Morgan fingerprint density at radius 2 is 1.59 bits per heavy atom. The number of ether oxygens (including phenoxy) is 1. The lowest BCUT2D eigenvalue weighted by Gasteiger charge is -2.24. The van der Waals surface area contributed by atoms with Gasteiger partial charge in [-0.25, -0.2) is 0 Å². The molecule has 2 aromatic carbocycles. The highest BCUT2D eigenvalue weighted by Crippen LogP contribution is 2.83. The summed E-state index contributed by atoms with van der Waals surface area (Å²) in [7, 11) is 0. The minimum absolute atomic E-state index is 0.00401. The summed E-state index contributed by atoms with van der Waals surface area (Å²) in [4.78, 5) is 12.7. The number of esters is 1. The van der Waals surface area contributed by atoms with Crippen molar-refractivity contribution in [1.82, 2.24) is 0 Å². The van der Waals surface area contributed by atoms with Gasteiger partial charge in [-0.15, -0.1) is 0 Å². The van der Waals surface area contributed by atoms with Crippen LogP contribution in [0.15, 0.2) is 60.7 Å². The predicted molar refractivity (Wildman–Crippen MR) is 83.4 cm³/mol. The fourth-order valence-corrected chi connectivity index (χ4v) is 5.61. The van der Waals surface area contributed by atoms with Crippen molar-refractivity contribution in [3.8, 4) is 0 Å². The van der Waals surface area contributed by atoms with E-state index in [0.29, 0.717) is 18.4 Å². The second-order valence-electron chi connectivity index (χ2n) is 6.88. The molecule has 3 fully saturated rings. The van der Waals surface area contributed by atoms with Gasteiger partial charge in [-0.2, -0.15) is 0 Å². The third-order valence-electron chi connectivity index (χ3n) is 6.36. The van der Waals surface area contributed by atoms with Crippen LogP contribution < -0.4 is 0 Å². The molecule has 2 unspecified atom stereocenters. The van der Waals surface area contributed by atoms with Gasteiger partial charge < -0.3 is 4.74 Å². The molecule has 1 spiro atoms. The van der Waals surface area contributed by atoms with Crippen LogP contribution in [0.5, 0.6) is 0 Å². The number of benzene rings is 2. The standard InChI is InChI=1S/C20H18O2/c21-18-20(15-9-5-2-6-10-15)17-12-11-16(19(17,20)13-22-18)14-7-3-1-4-8-14/h1-10,16-17H,11-13H2/t16-,17?,19?,20+/m0/s1. The van der Waals surface area contributed by atoms with E-state index in [2.05, 4.69) is 42.5 Å². The van der Waals surface area contributed by atoms with E-state index in [0.717, 1.165) is 12.0 Å². The molecule has 3 aliphatic rings. The van der Waals surface area contributed by atoms with Gasteiger partial charge >= 0.3 is 5.97 Å². The summed E-state index contributed by atoms with van der Waals surface area (Å²) in [5.74, 6) is 0.892. The van der Waals surface area contributed by atoms with Gasteiger partial charge in [0.15, 0.2) is 0 Å². The maximum atomic E-state index is 12.7. The Hall–Kier alpha value is -2.09. The number of hydrogen-bond donors (Lipinski definition) is 0. The SMILES string of the molecule is O=C1OCC23C(CC[C@H]2c2ccccc2)[C@]13c1ccccc1. The second kappa shape index (κ2) is 4.01. The summed E-state index contributed by atoms with van der Waals surface area (Å²) in [6, 6.07) is 21.0. The smallest absolute Gasteiger partial charge is 0.317 e. The first-order valence-corrected chi connectivity index (χ1v) is 8.09. The third-order valence-corrected chi connectivity index (χ3v) is 6.36. The van der Waals surface area contributed by atoms with Crippen LogP contribution in [0.2, 0.25) is 0 Å². The molecule has 1 aliphatic heterocycles. The van der Waals surface area contributed by atoms with Crippen LogP contribution >= 0.6 is 0 Å². The van der Waals surface area contributed by atoms with Crippen LogP contribution in [-0.4, -0.2) is 12.6 Å². The first-order valence-electron chi connectivity index (χ1n) is 8.09. The van der Waals surface area contributed by atoms with E-state index in [1.54, 1.807) is 0 Å². The van der Waals surface area contributed by atoms with Gasteiger partial charge in [-0.3, -0.25) is 4.79 Å². The monoisotopic (exact) mass is 290 g/mol. The molecule has 4 atom stereocenters. The van der Waals surface area contributed by atoms with Crippen molar-refractivity contribution < 1.29 is 9.53 Å². The van der Waals surface area contributed by atoms with E-state index in [-0.39, 0.29) is 16.8 Å². The van der Waals surface area contributed by atoms with Gasteiger partial charge in [0.2, 0.25) is 0 Å². The summed E-state index contributed by atoms with van der Waals surface area (Å²) < 4.78 is 5.59. The molecular formula is C20H18O2. The zero-order valence-electron chi connectivity index (χ0n) is 12.4. The quantitative estimate of drug-likeness (QED) is 0.789. The van der Waals surface area contributed by atoms with Crippen molar-refractivity contribution in [2.75, 3.05) is 6.61 Å². The van der Waals surface area contributed by atoms with Crippen molar-refractivity contribution >= 4 is 5.97 Å². The molecule has 1 saturated heterocycles. The van der Waals surface area contributed by atoms with Crippen molar-refractivity contribution in [3.63, 3.8) is 0 Å². The molecule has 2 saturated carbocycles. The number of carbonyl (C=O) groups is 1. The maximum absolute atomic E-state index is 12.7. The van der Waals surface area contributed by atoms with Crippen molar-refractivity contribution in [3.05, 3.63) is 71.8 Å². The summed E-state index contributed by atoms with van der Waals surface area (Å²) >= 11 is 0. The molecule has 110 valence electrons. The summed E-state index contributed by atoms with van der Waals surface area (Å²) in [5.41, 5.74) is 2.13. The largest absolute Gasteiger partial charge is 0.464 e. The van der Waals surface area contributed by atoms with E-state index in [1.165, 1.54) is 12.0 Å². The van der Waals surface area contributed by atoms with E-state index < -0.39 is 0 Å². The minimum Gasteiger partial charge on any atom is -0.464 e. The molecule has 2 aromatic rings. The topological polar surface area (TPSA) is 26.3 Å². The average Bonchev–Trinajstić information content (AvgIpc) is 2.83. The zero-order valence-corrected chi connectivity index (χ0v) is 12.4. The summed E-state index contributed by atoms with van der Waals surface area (Å²) in [5, 5.41) is 0. The first-order chi connectivity index (χ1) is 10.8. The highest BCUT2D eigenvalue weighted by Gasteiger charge is 2.89. The molecule has 5 rings (SSSR count). The van der Waals surface area contributed by atoms with E-state index in [4.69, 9.17) is 4.74 Å². The zero-order chi connectivity index (χ0) is 14.8. The lowest BCUT2D eigenvalue weighted by molar-refractivity contribution is -0.143. The van der Waals surface area contributed by atoms with Crippen LogP contribution in [0.1, 0.15) is 29.9 Å². The lowest BCUT2D eigenvalue weighted by Crippen LogP contribution is -2.27. The van der Waals surface area contributed by atoms with Gasteiger partial charge in [0.05, 0.1) is 6.61 Å². The molecule has 0 radical (unpaired) electrons. The fraction of sp³-hybridized carbons (Fsp3) is 0.350. The van der Waals surface area contributed by atoms with Gasteiger partial charge in [-0.1, -0.05) is 60.7 Å². The first kappa shape index (κ1) is 12.5. The molecule has 0 N–H and O–H groups in total. The molecule has 2 nitrogen and oxygen atoms in total. The summed E-state index contributed by atoms with van der Waals surface area (Å²) in [6.45, 7) is 0.588. The summed E-state index contributed by atoms with van der Waals surface area (Å²) in [6.07, 6.45) is 2.30. The molecule has 2 heteroatoms. The number of hydrogen-bond acceptors (Lipinski definition) is 2. The Labute approximate surface area is 130 Å². The van der Waals surface area contributed by atoms with Gasteiger partial charge in [0.1, 0.15) is 5.41 Å². The Morgan fingerprint density at radius 3 is 2.32 bits per heavy atom. The van der Waals surface area contributed by atoms with Crippen molar-refractivity contribution in [1.29, 1.82) is 0 Å². The number of cyclic esters (lactones) is 1. The van der Waals surface area contributed by atoms with E-state index >= 15 is 0 Å². The molecular weight excluding hydrogens is 272 g/mol. The minimum atomic E-state index is -0.382. The fourth-order valence-electron chi connectivity index (χ4n) is 5.61. The molecule has 0 bridgehead atoms. The van der Waals surface area contributed by atoms with E-state index in [9.17, 15) is 4.79 Å². The van der Waals surface area contributed by atoms with Crippen molar-refractivity contribution in [2.45, 2.75) is 24.2 Å². The van der Waals surface area contributed by atoms with Crippen LogP contribution in [0, 0.1) is 11.3 Å². The van der Waals surface area contributed by atoms with Crippen LogP contribution in [-0.2, 0) is 14.9 Å². The third kappa shape index (κ3) is 1.18. The Kier molecular flexibility index (Phi) is 2.27. The average molecular weight is 290 g/mol. The molecule has 0 amide bonds. The Bertz CT molecular complexity index is 739. The highest BCUT2D eigenvalue weighted by molar-refractivity contribution is 5.93. The van der Waals surface area contributed by atoms with Crippen LogP contribution in [0.3, 0.4) is 0 Å². The predicted octanol–water partition coefficient (Wildman–Crippen LogP) is 3.68. The van der Waals surface area contributed by atoms with Gasteiger partial charge in [0, 0.05) is 5.41 Å². The molecule has 22 heavy (non-hydrogen) atoms. The van der Waals surface area contributed by atoms with Crippen LogP contribution in [0.4, 0.5) is 0 Å². The molecule has 1 heterocycles. The number of rotatable bonds is 2. The van der Waals surface area contributed by atoms with E-state index in [1.807, 2.05) is 18.2 Å². The molecule has 2 aliphatic carbocycles. The second-order valence-corrected chi connectivity index (χ2v) is 6.88. The Balaban J connectivity index is 1.67. The van der Waals surface area contributed by atoms with Crippen molar-refractivity contribution in [2.24, 2.45) is 11.3 Å². The highest BCUT2D eigenvalue weighted by atomic mass is 16.5. The normalized spacial score (nSPS) is 38.3.